The molecule has 21 heavy (non-hydrogen) atoms. The van der Waals surface area contributed by atoms with E-state index in [4.69, 9.17) is 16.3 Å². The summed E-state index contributed by atoms with van der Waals surface area (Å²) in [4.78, 5) is 4.45. The number of ether oxygens (including phenoxy) is 1. The minimum absolute atomic E-state index is 0.189. The summed E-state index contributed by atoms with van der Waals surface area (Å²) in [6.45, 7) is 7.51. The second-order valence-corrected chi connectivity index (χ2v) is 5.46. The van der Waals surface area contributed by atoms with Crippen molar-refractivity contribution >= 4 is 11.6 Å². The van der Waals surface area contributed by atoms with Gasteiger partial charge in [-0.05, 0) is 50.7 Å². The molecule has 4 heteroatoms. The van der Waals surface area contributed by atoms with Crippen LogP contribution in [0.15, 0.2) is 36.4 Å². The molecule has 0 radical (unpaired) electrons. The van der Waals surface area contributed by atoms with Crippen molar-refractivity contribution in [2.24, 2.45) is 0 Å². The molecule has 1 heterocycles. The van der Waals surface area contributed by atoms with Crippen molar-refractivity contribution in [2.75, 3.05) is 6.54 Å². The summed E-state index contributed by atoms with van der Waals surface area (Å²) in [5, 5.41) is 4.10. The van der Waals surface area contributed by atoms with Crippen LogP contribution in [0.1, 0.15) is 36.8 Å². The van der Waals surface area contributed by atoms with E-state index < -0.39 is 0 Å². The van der Waals surface area contributed by atoms with Crippen LogP contribution >= 0.6 is 11.6 Å². The van der Waals surface area contributed by atoms with E-state index >= 15 is 0 Å². The monoisotopic (exact) mass is 304 g/mol. The van der Waals surface area contributed by atoms with Crippen LogP contribution in [0.3, 0.4) is 0 Å². The summed E-state index contributed by atoms with van der Waals surface area (Å²) in [5.41, 5.74) is 2.98. The first-order valence-electron chi connectivity index (χ1n) is 7.18. The lowest BCUT2D eigenvalue weighted by molar-refractivity contribution is 0.295. The number of aryl methyl sites for hydroxylation is 1. The second-order valence-electron chi connectivity index (χ2n) is 5.02. The summed E-state index contributed by atoms with van der Waals surface area (Å²) in [7, 11) is 0. The van der Waals surface area contributed by atoms with Gasteiger partial charge >= 0.3 is 0 Å². The average molecular weight is 305 g/mol. The topological polar surface area (TPSA) is 34.1 Å². The molecule has 0 amide bonds. The van der Waals surface area contributed by atoms with Gasteiger partial charge in [-0.15, -0.1) is 0 Å². The Balaban J connectivity index is 2.15. The summed E-state index contributed by atoms with van der Waals surface area (Å²) in [6.07, 6.45) is 0. The molecule has 1 atom stereocenters. The van der Waals surface area contributed by atoms with E-state index in [9.17, 15) is 0 Å². The summed E-state index contributed by atoms with van der Waals surface area (Å²) in [6, 6.07) is 11.8. The maximum absolute atomic E-state index is 6.10. The van der Waals surface area contributed by atoms with E-state index in [-0.39, 0.29) is 6.04 Å². The molecule has 1 N–H and O–H groups in total. The third kappa shape index (κ3) is 4.45. The molecule has 3 nitrogen and oxygen atoms in total. The van der Waals surface area contributed by atoms with E-state index in [1.807, 2.05) is 43.3 Å². The second kappa shape index (κ2) is 7.43. The van der Waals surface area contributed by atoms with Crippen LogP contribution in [-0.4, -0.2) is 11.5 Å². The minimum atomic E-state index is 0.189. The number of hydrogen-bond acceptors (Lipinski definition) is 3. The van der Waals surface area contributed by atoms with Gasteiger partial charge in [-0.1, -0.05) is 24.6 Å². The highest BCUT2D eigenvalue weighted by Crippen LogP contribution is 2.29. The van der Waals surface area contributed by atoms with Crippen molar-refractivity contribution in [3.8, 4) is 5.75 Å². The molecule has 0 aliphatic carbocycles. The maximum Gasteiger partial charge on any atom is 0.130 e. The van der Waals surface area contributed by atoms with Crippen LogP contribution in [0.2, 0.25) is 5.02 Å². The van der Waals surface area contributed by atoms with Gasteiger partial charge in [-0.2, -0.15) is 0 Å². The lowest BCUT2D eigenvalue weighted by atomic mass is 10.1. The fraction of sp³-hybridized carbons (Fsp3) is 0.353. The first-order valence-corrected chi connectivity index (χ1v) is 7.56. The van der Waals surface area contributed by atoms with E-state index in [0.717, 1.165) is 34.3 Å². The Morgan fingerprint density at radius 2 is 2.10 bits per heavy atom. The van der Waals surface area contributed by atoms with Crippen LogP contribution < -0.4 is 10.1 Å². The molecular weight excluding hydrogens is 284 g/mol. The molecule has 0 spiro atoms. The molecule has 0 fully saturated rings. The fourth-order valence-electron chi connectivity index (χ4n) is 2.24. The Hall–Kier alpha value is -1.58. The molecule has 0 aliphatic rings. The van der Waals surface area contributed by atoms with Crippen LogP contribution in [0, 0.1) is 6.92 Å². The highest BCUT2D eigenvalue weighted by atomic mass is 35.5. The molecule has 112 valence electrons. The number of nitrogens with one attached hydrogen (secondary N) is 1. The van der Waals surface area contributed by atoms with Crippen molar-refractivity contribution in [2.45, 2.75) is 33.4 Å². The summed E-state index contributed by atoms with van der Waals surface area (Å²) >= 11 is 6.10. The SMILES string of the molecule is CCNC(C)c1cc(Cl)ccc1OCc1cccc(C)n1. The minimum Gasteiger partial charge on any atom is -0.487 e. The molecule has 1 aromatic carbocycles. The quantitative estimate of drug-likeness (QED) is 0.864. The normalized spacial score (nSPS) is 12.2. The Labute approximate surface area is 131 Å². The van der Waals surface area contributed by atoms with E-state index in [2.05, 4.69) is 24.1 Å². The Morgan fingerprint density at radius 3 is 2.81 bits per heavy atom. The number of pyridine rings is 1. The molecule has 1 unspecified atom stereocenters. The molecule has 0 aliphatic heterocycles. The van der Waals surface area contributed by atoms with Gasteiger partial charge in [-0.3, -0.25) is 4.98 Å². The maximum atomic E-state index is 6.10. The van der Waals surface area contributed by atoms with Gasteiger partial charge in [0.25, 0.3) is 0 Å². The zero-order valence-corrected chi connectivity index (χ0v) is 13.4. The molecule has 2 rings (SSSR count). The van der Waals surface area contributed by atoms with Gasteiger partial charge in [0.05, 0.1) is 5.69 Å². The number of hydrogen-bond donors (Lipinski definition) is 1. The molecule has 1 aromatic heterocycles. The van der Waals surface area contributed by atoms with Crippen LogP contribution in [0.25, 0.3) is 0 Å². The largest absolute Gasteiger partial charge is 0.487 e. The van der Waals surface area contributed by atoms with Gasteiger partial charge in [-0.25, -0.2) is 0 Å². The lowest BCUT2D eigenvalue weighted by Crippen LogP contribution is -2.18. The van der Waals surface area contributed by atoms with Gasteiger partial charge in [0, 0.05) is 22.3 Å². The smallest absolute Gasteiger partial charge is 0.130 e. The number of aromatic nitrogens is 1. The van der Waals surface area contributed by atoms with Gasteiger partial charge in [0.1, 0.15) is 12.4 Å². The number of rotatable bonds is 6. The lowest BCUT2D eigenvalue weighted by Gasteiger charge is -2.18. The highest BCUT2D eigenvalue weighted by Gasteiger charge is 2.12. The summed E-state index contributed by atoms with van der Waals surface area (Å²) in [5.74, 6) is 0.844. The third-order valence-electron chi connectivity index (χ3n) is 3.27. The Bertz CT molecular complexity index is 601. The number of nitrogens with zero attached hydrogens (tertiary/aromatic N) is 1. The highest BCUT2D eigenvalue weighted by molar-refractivity contribution is 6.30. The molecule has 0 saturated carbocycles. The van der Waals surface area contributed by atoms with Crippen molar-refractivity contribution in [1.82, 2.24) is 10.3 Å². The van der Waals surface area contributed by atoms with Crippen LogP contribution in [-0.2, 0) is 6.61 Å². The molecular formula is C17H21ClN2O. The number of benzene rings is 1. The Kier molecular flexibility index (Phi) is 5.59. The summed E-state index contributed by atoms with van der Waals surface area (Å²) < 4.78 is 5.94. The first kappa shape index (κ1) is 15.8. The third-order valence-corrected chi connectivity index (χ3v) is 3.51. The van der Waals surface area contributed by atoms with Gasteiger partial charge < -0.3 is 10.1 Å². The van der Waals surface area contributed by atoms with Crippen LogP contribution in [0.5, 0.6) is 5.75 Å². The molecule has 0 saturated heterocycles. The standard InChI is InChI=1S/C17H21ClN2O/c1-4-19-13(3)16-10-14(18)8-9-17(16)21-11-15-7-5-6-12(2)20-15/h5-10,13,19H,4,11H2,1-3H3. The fourth-order valence-corrected chi connectivity index (χ4v) is 2.42. The zero-order valence-electron chi connectivity index (χ0n) is 12.7. The van der Waals surface area contributed by atoms with Crippen molar-refractivity contribution in [1.29, 1.82) is 0 Å². The average Bonchev–Trinajstić information content (AvgIpc) is 2.46. The Morgan fingerprint density at radius 1 is 1.29 bits per heavy atom. The zero-order chi connectivity index (χ0) is 15.2. The molecule has 2 aromatic rings. The van der Waals surface area contributed by atoms with Gasteiger partial charge in [0.2, 0.25) is 0 Å². The first-order chi connectivity index (χ1) is 10.1. The van der Waals surface area contributed by atoms with E-state index in [1.54, 1.807) is 0 Å². The van der Waals surface area contributed by atoms with Gasteiger partial charge in [0.15, 0.2) is 0 Å². The van der Waals surface area contributed by atoms with Crippen LogP contribution in [0.4, 0.5) is 0 Å². The van der Waals surface area contributed by atoms with Crippen molar-refractivity contribution in [3.63, 3.8) is 0 Å². The predicted molar refractivity (Wildman–Crippen MR) is 86.8 cm³/mol. The predicted octanol–water partition coefficient (Wildman–Crippen LogP) is 4.29. The van der Waals surface area contributed by atoms with E-state index in [1.165, 1.54) is 0 Å². The van der Waals surface area contributed by atoms with Crippen molar-refractivity contribution < 1.29 is 4.74 Å². The van der Waals surface area contributed by atoms with E-state index in [0.29, 0.717) is 6.61 Å². The number of halogens is 1. The molecule has 0 bridgehead atoms. The van der Waals surface area contributed by atoms with Crippen molar-refractivity contribution in [3.05, 3.63) is 58.4 Å².